The van der Waals surface area contributed by atoms with Gasteiger partial charge in [0.2, 0.25) is 5.91 Å². The van der Waals surface area contributed by atoms with Crippen LogP contribution in [0.25, 0.3) is 0 Å². The first kappa shape index (κ1) is 14.3. The number of carbonyl (C=O) groups excluding carboxylic acids is 1. The number of hydrogen-bond donors (Lipinski definition) is 2. The molecule has 0 spiro atoms. The summed E-state index contributed by atoms with van der Waals surface area (Å²) in [5, 5.41) is 8.42. The molecule has 0 radical (unpaired) electrons. The van der Waals surface area contributed by atoms with Crippen LogP contribution in [-0.2, 0) is 21.3 Å². The van der Waals surface area contributed by atoms with Gasteiger partial charge in [-0.15, -0.1) is 0 Å². The summed E-state index contributed by atoms with van der Waals surface area (Å²) in [6.07, 6.45) is -0.229. The lowest BCUT2D eigenvalue weighted by Crippen LogP contribution is -2.12. The molecule has 1 aromatic carbocycles. The number of primary amides is 1. The third kappa shape index (κ3) is 4.25. The third-order valence-electron chi connectivity index (χ3n) is 2.20. The average molecular weight is 273 g/mol. The molecule has 0 aromatic heterocycles. The van der Waals surface area contributed by atoms with E-state index in [0.717, 1.165) is 6.07 Å². The highest BCUT2D eigenvalue weighted by Gasteiger charge is 2.11. The molecule has 0 aliphatic carbocycles. The van der Waals surface area contributed by atoms with Crippen molar-refractivity contribution in [3.8, 4) is 0 Å². The van der Waals surface area contributed by atoms with Crippen LogP contribution < -0.4 is 5.73 Å². The highest BCUT2D eigenvalue weighted by molar-refractivity contribution is 7.84. The van der Waals surface area contributed by atoms with Gasteiger partial charge in [0.05, 0.1) is 12.2 Å². The van der Waals surface area contributed by atoms with Gasteiger partial charge in [0.15, 0.2) is 0 Å². The van der Waals surface area contributed by atoms with Crippen LogP contribution >= 0.6 is 0 Å². The molecule has 1 atom stereocenters. The van der Waals surface area contributed by atoms with Crippen LogP contribution in [-0.4, -0.2) is 26.9 Å². The molecular weight excluding hydrogens is 261 g/mol. The zero-order valence-electron chi connectivity index (χ0n) is 9.39. The summed E-state index contributed by atoms with van der Waals surface area (Å²) in [6.45, 7) is 0. The molecule has 0 saturated heterocycles. The lowest BCUT2D eigenvalue weighted by atomic mass is 10.1. The Hall–Kier alpha value is -1.76. The molecule has 1 unspecified atom stereocenters. The molecule has 5 nitrogen and oxygen atoms in total. The number of carboxylic acid groups (broad SMARTS) is 1. The van der Waals surface area contributed by atoms with Crippen molar-refractivity contribution in [1.82, 2.24) is 0 Å². The number of amides is 1. The van der Waals surface area contributed by atoms with E-state index in [-0.39, 0.29) is 29.1 Å². The van der Waals surface area contributed by atoms with Gasteiger partial charge < -0.3 is 10.8 Å². The average Bonchev–Trinajstić information content (AvgIpc) is 2.29. The SMILES string of the molecule is NC(=O)c1ccc(CS(=O)CCC(=O)O)c(F)c1. The maximum atomic E-state index is 13.5. The molecule has 0 fully saturated rings. The van der Waals surface area contributed by atoms with Crippen LogP contribution in [0.15, 0.2) is 18.2 Å². The number of hydrogen-bond acceptors (Lipinski definition) is 3. The second kappa shape index (κ2) is 6.25. The van der Waals surface area contributed by atoms with Gasteiger partial charge in [-0.1, -0.05) is 6.07 Å². The minimum absolute atomic E-state index is 0.0348. The number of rotatable bonds is 6. The fraction of sp³-hybridized carbons (Fsp3) is 0.273. The number of nitrogens with two attached hydrogens (primary N) is 1. The van der Waals surface area contributed by atoms with Crippen molar-refractivity contribution in [3.63, 3.8) is 0 Å². The minimum Gasteiger partial charge on any atom is -0.481 e. The third-order valence-corrected chi connectivity index (χ3v) is 3.49. The summed E-state index contributed by atoms with van der Waals surface area (Å²) in [4.78, 5) is 21.1. The smallest absolute Gasteiger partial charge is 0.304 e. The highest BCUT2D eigenvalue weighted by atomic mass is 32.2. The second-order valence-electron chi connectivity index (χ2n) is 3.60. The molecule has 0 saturated carbocycles. The van der Waals surface area contributed by atoms with Crippen molar-refractivity contribution in [1.29, 1.82) is 0 Å². The van der Waals surface area contributed by atoms with Gasteiger partial charge in [0.25, 0.3) is 0 Å². The van der Waals surface area contributed by atoms with Crippen molar-refractivity contribution < 1.29 is 23.3 Å². The second-order valence-corrected chi connectivity index (χ2v) is 5.18. The quantitative estimate of drug-likeness (QED) is 0.795. The fourth-order valence-corrected chi connectivity index (χ4v) is 2.39. The summed E-state index contributed by atoms with van der Waals surface area (Å²) in [5.41, 5.74) is 5.19. The van der Waals surface area contributed by atoms with E-state index >= 15 is 0 Å². The monoisotopic (exact) mass is 273 g/mol. The van der Waals surface area contributed by atoms with E-state index in [2.05, 4.69) is 0 Å². The fourth-order valence-electron chi connectivity index (χ4n) is 1.26. The van der Waals surface area contributed by atoms with Crippen molar-refractivity contribution in [2.75, 3.05) is 5.75 Å². The Morgan fingerprint density at radius 2 is 2.06 bits per heavy atom. The first-order valence-corrected chi connectivity index (χ1v) is 6.54. The van der Waals surface area contributed by atoms with Crippen molar-refractivity contribution >= 4 is 22.7 Å². The van der Waals surface area contributed by atoms with Gasteiger partial charge in [-0.3, -0.25) is 13.8 Å². The summed E-state index contributed by atoms with van der Waals surface area (Å²) < 4.78 is 25.0. The number of halogens is 1. The molecule has 98 valence electrons. The predicted octanol–water partition coefficient (Wildman–Crippen LogP) is 0.648. The van der Waals surface area contributed by atoms with Gasteiger partial charge in [-0.2, -0.15) is 0 Å². The highest BCUT2D eigenvalue weighted by Crippen LogP contribution is 2.12. The summed E-state index contributed by atoms with van der Waals surface area (Å²) in [5.74, 6) is -2.58. The van der Waals surface area contributed by atoms with E-state index in [1.807, 2.05) is 0 Å². The first-order valence-electron chi connectivity index (χ1n) is 5.05. The first-order chi connectivity index (χ1) is 8.40. The summed E-state index contributed by atoms with van der Waals surface area (Å²) in [7, 11) is -1.46. The topological polar surface area (TPSA) is 97.5 Å². The molecule has 0 bridgehead atoms. The zero-order valence-corrected chi connectivity index (χ0v) is 10.2. The normalized spacial score (nSPS) is 12.1. The van der Waals surface area contributed by atoms with Gasteiger partial charge in [0.1, 0.15) is 5.82 Å². The van der Waals surface area contributed by atoms with Crippen LogP contribution in [0.1, 0.15) is 22.3 Å². The van der Waals surface area contributed by atoms with Gasteiger partial charge in [-0.25, -0.2) is 4.39 Å². The summed E-state index contributed by atoms with van der Waals surface area (Å²) >= 11 is 0. The Kier molecular flexibility index (Phi) is 4.96. The van der Waals surface area contributed by atoms with Crippen LogP contribution in [0.3, 0.4) is 0 Å². The molecule has 1 rings (SSSR count). The van der Waals surface area contributed by atoms with Gasteiger partial charge >= 0.3 is 5.97 Å². The maximum Gasteiger partial charge on any atom is 0.304 e. The predicted molar refractivity (Wildman–Crippen MR) is 63.9 cm³/mol. The zero-order chi connectivity index (χ0) is 13.7. The lowest BCUT2D eigenvalue weighted by molar-refractivity contribution is -0.136. The van der Waals surface area contributed by atoms with Crippen LogP contribution in [0.5, 0.6) is 0 Å². The van der Waals surface area contributed by atoms with E-state index in [1.54, 1.807) is 0 Å². The van der Waals surface area contributed by atoms with E-state index in [0.29, 0.717) is 0 Å². The molecule has 3 N–H and O–H groups in total. The maximum absolute atomic E-state index is 13.5. The number of benzene rings is 1. The standard InChI is InChI=1S/C11H12FNO4S/c12-9-5-7(11(13)16)1-2-8(9)6-18(17)4-3-10(14)15/h1-2,5H,3-4,6H2,(H2,13,16)(H,14,15). The number of carbonyl (C=O) groups is 2. The lowest BCUT2D eigenvalue weighted by Gasteiger charge is -2.04. The van der Waals surface area contributed by atoms with E-state index in [4.69, 9.17) is 10.8 Å². The van der Waals surface area contributed by atoms with Crippen LogP contribution in [0.2, 0.25) is 0 Å². The molecule has 0 aliphatic rings. The largest absolute Gasteiger partial charge is 0.481 e. The molecule has 0 aliphatic heterocycles. The Morgan fingerprint density at radius 1 is 1.39 bits per heavy atom. The van der Waals surface area contributed by atoms with Crippen molar-refractivity contribution in [3.05, 3.63) is 35.1 Å². The number of aliphatic carboxylic acids is 1. The Balaban J connectivity index is 2.70. The van der Waals surface area contributed by atoms with E-state index in [9.17, 15) is 18.2 Å². The Labute approximate surface area is 105 Å². The summed E-state index contributed by atoms with van der Waals surface area (Å²) in [6, 6.07) is 3.65. The van der Waals surface area contributed by atoms with E-state index in [1.165, 1.54) is 12.1 Å². The molecule has 0 heterocycles. The molecule has 1 aromatic rings. The van der Waals surface area contributed by atoms with Crippen molar-refractivity contribution in [2.45, 2.75) is 12.2 Å². The molecular formula is C11H12FNO4S. The van der Waals surface area contributed by atoms with Gasteiger partial charge in [-0.05, 0) is 12.1 Å². The molecule has 18 heavy (non-hydrogen) atoms. The van der Waals surface area contributed by atoms with Gasteiger partial charge in [0, 0.05) is 27.7 Å². The van der Waals surface area contributed by atoms with Crippen LogP contribution in [0, 0.1) is 5.82 Å². The number of carboxylic acids is 1. The van der Waals surface area contributed by atoms with E-state index < -0.39 is 28.5 Å². The van der Waals surface area contributed by atoms with Crippen LogP contribution in [0.4, 0.5) is 4.39 Å². The Bertz CT molecular complexity index is 504. The van der Waals surface area contributed by atoms with Crippen molar-refractivity contribution in [2.24, 2.45) is 5.73 Å². The minimum atomic E-state index is -1.46. The molecule has 1 amide bonds. The molecule has 7 heteroatoms. The Morgan fingerprint density at radius 3 is 2.56 bits per heavy atom.